The Balaban J connectivity index is 2.72. The maximum absolute atomic E-state index is 12.8. The number of halogens is 1. The van der Waals surface area contributed by atoms with E-state index in [1.165, 1.54) is 12.1 Å². The zero-order valence-corrected chi connectivity index (χ0v) is 7.44. The summed E-state index contributed by atoms with van der Waals surface area (Å²) in [4.78, 5) is 0. The smallest absolute Gasteiger partial charge is 0.177 e. The molecule has 0 saturated heterocycles. The summed E-state index contributed by atoms with van der Waals surface area (Å²) in [6.07, 6.45) is 0. The first-order chi connectivity index (χ1) is 6.20. The molecule has 4 heteroatoms. The van der Waals surface area contributed by atoms with E-state index >= 15 is 0 Å². The van der Waals surface area contributed by atoms with Crippen LogP contribution in [0.2, 0.25) is 0 Å². The lowest BCUT2D eigenvalue weighted by Crippen LogP contribution is -1.82. The third kappa shape index (κ3) is 1.38. The van der Waals surface area contributed by atoms with Crippen molar-refractivity contribution in [2.75, 3.05) is 0 Å². The van der Waals surface area contributed by atoms with Gasteiger partial charge in [-0.25, -0.2) is 0 Å². The quantitative estimate of drug-likeness (QED) is 0.737. The highest BCUT2D eigenvalue weighted by atomic mass is 32.1. The SMILES string of the molecule is OCc1cc2sc(F)cc2cc1O. The van der Waals surface area contributed by atoms with E-state index in [9.17, 15) is 9.50 Å². The zero-order chi connectivity index (χ0) is 9.42. The fourth-order valence-corrected chi connectivity index (χ4v) is 2.04. The summed E-state index contributed by atoms with van der Waals surface area (Å²) in [7, 11) is 0. The van der Waals surface area contributed by atoms with Crippen molar-refractivity contribution < 1.29 is 14.6 Å². The van der Waals surface area contributed by atoms with Crippen LogP contribution in [0.25, 0.3) is 10.1 Å². The van der Waals surface area contributed by atoms with Gasteiger partial charge in [0.05, 0.1) is 6.61 Å². The molecule has 0 bridgehead atoms. The molecule has 0 aliphatic carbocycles. The van der Waals surface area contributed by atoms with Gasteiger partial charge in [0.25, 0.3) is 0 Å². The van der Waals surface area contributed by atoms with Crippen LogP contribution in [0.15, 0.2) is 18.2 Å². The molecule has 0 aliphatic rings. The molecule has 2 rings (SSSR count). The number of aliphatic hydroxyl groups excluding tert-OH is 1. The molecule has 68 valence electrons. The average molecular weight is 198 g/mol. The topological polar surface area (TPSA) is 40.5 Å². The Hall–Kier alpha value is -1.13. The average Bonchev–Trinajstić information content (AvgIpc) is 2.42. The Morgan fingerprint density at radius 2 is 2.08 bits per heavy atom. The van der Waals surface area contributed by atoms with Crippen LogP contribution in [0.3, 0.4) is 0 Å². The molecule has 1 heterocycles. The Morgan fingerprint density at radius 1 is 1.31 bits per heavy atom. The molecule has 0 fully saturated rings. The van der Waals surface area contributed by atoms with E-state index in [1.54, 1.807) is 6.07 Å². The Labute approximate surface area is 77.9 Å². The summed E-state index contributed by atoms with van der Waals surface area (Å²) in [5.41, 5.74) is 0.425. The van der Waals surface area contributed by atoms with Gasteiger partial charge in [-0.05, 0) is 23.6 Å². The van der Waals surface area contributed by atoms with Crippen LogP contribution in [-0.2, 0) is 6.61 Å². The lowest BCUT2D eigenvalue weighted by molar-refractivity contribution is 0.276. The van der Waals surface area contributed by atoms with Crippen molar-refractivity contribution in [3.8, 4) is 5.75 Å². The molecule has 0 amide bonds. The highest BCUT2D eigenvalue weighted by Gasteiger charge is 2.06. The number of thiophene rings is 1. The largest absolute Gasteiger partial charge is 0.508 e. The summed E-state index contributed by atoms with van der Waals surface area (Å²) >= 11 is 1.00. The van der Waals surface area contributed by atoms with E-state index in [4.69, 9.17) is 5.11 Å². The zero-order valence-electron chi connectivity index (χ0n) is 6.62. The molecule has 0 radical (unpaired) electrons. The maximum atomic E-state index is 12.8. The minimum atomic E-state index is -0.288. The van der Waals surface area contributed by atoms with E-state index in [1.807, 2.05) is 0 Å². The van der Waals surface area contributed by atoms with Gasteiger partial charge in [-0.2, -0.15) is 4.39 Å². The van der Waals surface area contributed by atoms with Gasteiger partial charge in [0.15, 0.2) is 5.13 Å². The van der Waals surface area contributed by atoms with E-state index in [0.717, 1.165) is 16.0 Å². The summed E-state index contributed by atoms with van der Waals surface area (Å²) in [6, 6.07) is 4.42. The van der Waals surface area contributed by atoms with Gasteiger partial charge < -0.3 is 10.2 Å². The number of aliphatic hydroxyl groups is 1. The van der Waals surface area contributed by atoms with E-state index in [2.05, 4.69) is 0 Å². The van der Waals surface area contributed by atoms with Crippen molar-refractivity contribution in [2.45, 2.75) is 6.61 Å². The van der Waals surface area contributed by atoms with Gasteiger partial charge in [0.2, 0.25) is 0 Å². The molecule has 0 atom stereocenters. The Morgan fingerprint density at radius 3 is 2.77 bits per heavy atom. The first-order valence-electron chi connectivity index (χ1n) is 3.72. The van der Waals surface area contributed by atoms with E-state index in [-0.39, 0.29) is 17.5 Å². The number of hydrogen-bond acceptors (Lipinski definition) is 3. The highest BCUT2D eigenvalue weighted by Crippen LogP contribution is 2.30. The first kappa shape index (κ1) is 8.47. The van der Waals surface area contributed by atoms with Gasteiger partial charge in [-0.1, -0.05) is 0 Å². The Kier molecular flexibility index (Phi) is 1.94. The fraction of sp³-hybridized carbons (Fsp3) is 0.111. The van der Waals surface area contributed by atoms with Gasteiger partial charge >= 0.3 is 0 Å². The number of aromatic hydroxyl groups is 1. The summed E-state index contributed by atoms with van der Waals surface area (Å²) < 4.78 is 13.5. The number of hydrogen-bond donors (Lipinski definition) is 2. The maximum Gasteiger partial charge on any atom is 0.177 e. The molecule has 13 heavy (non-hydrogen) atoms. The van der Waals surface area contributed by atoms with Crippen LogP contribution in [0.5, 0.6) is 5.75 Å². The minimum Gasteiger partial charge on any atom is -0.508 e. The third-order valence-corrected chi connectivity index (χ3v) is 2.74. The number of rotatable bonds is 1. The van der Waals surface area contributed by atoms with Crippen LogP contribution in [0.1, 0.15) is 5.56 Å². The second-order valence-corrected chi connectivity index (χ2v) is 3.76. The lowest BCUT2D eigenvalue weighted by atomic mass is 10.1. The van der Waals surface area contributed by atoms with Crippen molar-refractivity contribution >= 4 is 21.4 Å². The monoisotopic (exact) mass is 198 g/mol. The molecule has 1 aromatic heterocycles. The summed E-state index contributed by atoms with van der Waals surface area (Å²) in [5, 5.41) is 18.6. The van der Waals surface area contributed by atoms with Crippen LogP contribution in [0, 0.1) is 5.13 Å². The Bertz CT molecular complexity index is 450. The van der Waals surface area contributed by atoms with E-state index < -0.39 is 0 Å². The van der Waals surface area contributed by atoms with Crippen molar-refractivity contribution in [3.05, 3.63) is 28.9 Å². The third-order valence-electron chi connectivity index (χ3n) is 1.86. The minimum absolute atomic E-state index is 0.00722. The number of fused-ring (bicyclic) bond motifs is 1. The summed E-state index contributed by atoms with van der Waals surface area (Å²) in [6.45, 7) is -0.235. The lowest BCUT2D eigenvalue weighted by Gasteiger charge is -1.99. The molecule has 0 unspecified atom stereocenters. The molecule has 0 saturated carbocycles. The number of benzene rings is 1. The molecule has 1 aromatic carbocycles. The van der Waals surface area contributed by atoms with Crippen LogP contribution >= 0.6 is 11.3 Å². The number of phenols is 1. The van der Waals surface area contributed by atoms with Crippen LogP contribution < -0.4 is 0 Å². The van der Waals surface area contributed by atoms with Gasteiger partial charge in [-0.3, -0.25) is 0 Å². The van der Waals surface area contributed by atoms with Gasteiger partial charge in [0.1, 0.15) is 5.75 Å². The standard InChI is InChI=1S/C9H7FO2S/c10-9-3-5-1-7(12)6(4-11)2-8(5)13-9/h1-3,11-12H,4H2. The van der Waals surface area contributed by atoms with Crippen molar-refractivity contribution in [1.82, 2.24) is 0 Å². The van der Waals surface area contributed by atoms with Crippen LogP contribution in [-0.4, -0.2) is 10.2 Å². The van der Waals surface area contributed by atoms with Gasteiger partial charge in [-0.15, -0.1) is 11.3 Å². The van der Waals surface area contributed by atoms with Crippen molar-refractivity contribution in [2.24, 2.45) is 0 Å². The second kappa shape index (κ2) is 2.97. The molecule has 0 aliphatic heterocycles. The molecule has 2 N–H and O–H groups in total. The van der Waals surface area contributed by atoms with Crippen molar-refractivity contribution in [3.63, 3.8) is 0 Å². The van der Waals surface area contributed by atoms with Crippen LogP contribution in [0.4, 0.5) is 4.39 Å². The normalized spacial score (nSPS) is 10.9. The predicted molar refractivity (Wildman–Crippen MR) is 49.4 cm³/mol. The van der Waals surface area contributed by atoms with Crippen molar-refractivity contribution in [1.29, 1.82) is 0 Å². The predicted octanol–water partition coefficient (Wildman–Crippen LogP) is 2.24. The van der Waals surface area contributed by atoms with Gasteiger partial charge in [0, 0.05) is 10.3 Å². The first-order valence-corrected chi connectivity index (χ1v) is 4.54. The second-order valence-electron chi connectivity index (χ2n) is 2.73. The summed E-state index contributed by atoms with van der Waals surface area (Å²) in [5.74, 6) is 0.00722. The fourth-order valence-electron chi connectivity index (χ4n) is 1.21. The molecule has 0 spiro atoms. The molecule has 2 nitrogen and oxygen atoms in total. The van der Waals surface area contributed by atoms with E-state index in [0.29, 0.717) is 10.9 Å². The highest BCUT2D eigenvalue weighted by molar-refractivity contribution is 7.17. The molecular formula is C9H7FO2S. The molecule has 2 aromatic rings. The molecular weight excluding hydrogens is 191 g/mol.